The molecule has 23 heavy (non-hydrogen) atoms. The van der Waals surface area contributed by atoms with E-state index in [1.807, 2.05) is 13.0 Å². The summed E-state index contributed by atoms with van der Waals surface area (Å²) in [5, 5.41) is 8.09. The molecule has 1 aromatic rings. The molecule has 2 heterocycles. The van der Waals surface area contributed by atoms with Crippen LogP contribution in [0.3, 0.4) is 0 Å². The quantitative estimate of drug-likeness (QED) is 0.696. The van der Waals surface area contributed by atoms with Crippen LogP contribution in [0.2, 0.25) is 0 Å². The summed E-state index contributed by atoms with van der Waals surface area (Å²) in [6.07, 6.45) is 0.650. The molecule has 0 bridgehead atoms. The SMILES string of the molecule is CC1=C(C(=O)NCCCn2c(C)cccc2=O)C(C)NC(=O)N1. The molecule has 1 aliphatic heterocycles. The second-order valence-corrected chi connectivity index (χ2v) is 5.63. The Morgan fingerprint density at radius 3 is 2.70 bits per heavy atom. The van der Waals surface area contributed by atoms with Crippen LogP contribution < -0.4 is 21.5 Å². The van der Waals surface area contributed by atoms with Crippen LogP contribution in [0.25, 0.3) is 0 Å². The highest BCUT2D eigenvalue weighted by Gasteiger charge is 2.26. The molecule has 0 aliphatic carbocycles. The van der Waals surface area contributed by atoms with Gasteiger partial charge in [0.15, 0.2) is 0 Å². The predicted molar refractivity (Wildman–Crippen MR) is 86.9 cm³/mol. The van der Waals surface area contributed by atoms with Gasteiger partial charge < -0.3 is 20.5 Å². The van der Waals surface area contributed by atoms with Crippen molar-refractivity contribution >= 4 is 11.9 Å². The summed E-state index contributed by atoms with van der Waals surface area (Å²) in [6, 6.07) is 4.51. The molecule has 3 N–H and O–H groups in total. The third-order valence-electron chi connectivity index (χ3n) is 3.84. The van der Waals surface area contributed by atoms with E-state index in [0.717, 1.165) is 5.69 Å². The Balaban J connectivity index is 1.89. The van der Waals surface area contributed by atoms with Gasteiger partial charge in [-0.15, -0.1) is 0 Å². The second-order valence-electron chi connectivity index (χ2n) is 5.63. The number of hydrogen-bond acceptors (Lipinski definition) is 3. The zero-order valence-corrected chi connectivity index (χ0v) is 13.6. The molecule has 0 fully saturated rings. The number of urea groups is 1. The average Bonchev–Trinajstić information content (AvgIpc) is 2.44. The van der Waals surface area contributed by atoms with Gasteiger partial charge in [0, 0.05) is 30.5 Å². The van der Waals surface area contributed by atoms with Crippen molar-refractivity contribution in [3.8, 4) is 0 Å². The molecule has 1 aromatic heterocycles. The molecule has 7 heteroatoms. The van der Waals surface area contributed by atoms with Gasteiger partial charge in [0.1, 0.15) is 0 Å². The molecule has 0 aromatic carbocycles. The zero-order chi connectivity index (χ0) is 17.0. The van der Waals surface area contributed by atoms with E-state index in [1.165, 1.54) is 6.07 Å². The van der Waals surface area contributed by atoms with Gasteiger partial charge in [-0.2, -0.15) is 0 Å². The molecule has 0 saturated carbocycles. The fourth-order valence-corrected chi connectivity index (χ4v) is 2.68. The van der Waals surface area contributed by atoms with Gasteiger partial charge in [0.2, 0.25) is 0 Å². The standard InChI is InChI=1S/C16H22N4O3/c1-10-6-4-7-13(21)20(10)9-5-8-17-15(22)14-11(2)18-16(23)19-12(14)3/h4,6-7,11H,5,8-9H2,1-3H3,(H,17,22)(H2,18,19,23). The molecule has 3 amide bonds. The Morgan fingerprint density at radius 2 is 2.04 bits per heavy atom. The summed E-state index contributed by atoms with van der Waals surface area (Å²) in [6.45, 7) is 6.36. The topological polar surface area (TPSA) is 92.2 Å². The largest absolute Gasteiger partial charge is 0.352 e. The minimum Gasteiger partial charge on any atom is -0.352 e. The lowest BCUT2D eigenvalue weighted by Crippen LogP contribution is -2.50. The molecule has 124 valence electrons. The Hall–Kier alpha value is -2.57. The summed E-state index contributed by atoms with van der Waals surface area (Å²) in [5.74, 6) is -0.209. The molecule has 0 saturated heterocycles. The summed E-state index contributed by atoms with van der Waals surface area (Å²) in [7, 11) is 0. The molecule has 1 unspecified atom stereocenters. The normalized spacial score (nSPS) is 17.5. The van der Waals surface area contributed by atoms with Gasteiger partial charge in [-0.25, -0.2) is 4.79 Å². The lowest BCUT2D eigenvalue weighted by Gasteiger charge is -2.25. The number of hydrogen-bond donors (Lipinski definition) is 3. The molecule has 2 rings (SSSR count). The van der Waals surface area contributed by atoms with Crippen molar-refractivity contribution in [3.05, 3.63) is 45.5 Å². The smallest absolute Gasteiger partial charge is 0.319 e. The highest BCUT2D eigenvalue weighted by atomic mass is 16.2. The lowest BCUT2D eigenvalue weighted by molar-refractivity contribution is -0.117. The molecule has 0 spiro atoms. The van der Waals surface area contributed by atoms with Crippen LogP contribution >= 0.6 is 0 Å². The van der Waals surface area contributed by atoms with Crippen molar-refractivity contribution in [2.24, 2.45) is 0 Å². The zero-order valence-electron chi connectivity index (χ0n) is 13.6. The highest BCUT2D eigenvalue weighted by molar-refractivity contribution is 5.98. The summed E-state index contributed by atoms with van der Waals surface area (Å²) >= 11 is 0. The van der Waals surface area contributed by atoms with Crippen molar-refractivity contribution in [3.63, 3.8) is 0 Å². The van der Waals surface area contributed by atoms with Crippen LogP contribution in [0, 0.1) is 6.92 Å². The first-order valence-electron chi connectivity index (χ1n) is 7.63. The maximum atomic E-state index is 12.2. The number of allylic oxidation sites excluding steroid dienone is 1. The molecule has 7 nitrogen and oxygen atoms in total. The van der Waals surface area contributed by atoms with Crippen LogP contribution in [-0.4, -0.2) is 29.1 Å². The highest BCUT2D eigenvalue weighted by Crippen LogP contribution is 2.11. The predicted octanol–water partition coefficient (Wildman–Crippen LogP) is 0.638. The maximum Gasteiger partial charge on any atom is 0.319 e. The van der Waals surface area contributed by atoms with Gasteiger partial charge >= 0.3 is 6.03 Å². The number of aryl methyl sites for hydroxylation is 1. The maximum absolute atomic E-state index is 12.2. The van der Waals surface area contributed by atoms with E-state index < -0.39 is 0 Å². The number of nitrogens with zero attached hydrogens (tertiary/aromatic N) is 1. The van der Waals surface area contributed by atoms with Crippen LogP contribution in [0.4, 0.5) is 4.79 Å². The molecule has 0 radical (unpaired) electrons. The number of pyridine rings is 1. The van der Waals surface area contributed by atoms with Crippen molar-refractivity contribution in [1.29, 1.82) is 0 Å². The minimum atomic E-state index is -0.331. The fraction of sp³-hybridized carbons (Fsp3) is 0.438. The van der Waals surface area contributed by atoms with Gasteiger partial charge in [0.25, 0.3) is 11.5 Å². The average molecular weight is 318 g/mol. The summed E-state index contributed by atoms with van der Waals surface area (Å²) in [4.78, 5) is 35.3. The number of nitrogens with one attached hydrogen (secondary N) is 3. The first-order chi connectivity index (χ1) is 10.9. The van der Waals surface area contributed by atoms with Gasteiger partial charge in [0.05, 0.1) is 11.6 Å². The van der Waals surface area contributed by atoms with E-state index in [0.29, 0.717) is 30.8 Å². The van der Waals surface area contributed by atoms with E-state index in [2.05, 4.69) is 16.0 Å². The van der Waals surface area contributed by atoms with Crippen molar-refractivity contribution in [2.45, 2.75) is 39.8 Å². The number of amides is 3. The van der Waals surface area contributed by atoms with E-state index in [4.69, 9.17) is 0 Å². The van der Waals surface area contributed by atoms with E-state index >= 15 is 0 Å². The number of rotatable bonds is 5. The fourth-order valence-electron chi connectivity index (χ4n) is 2.68. The Labute approximate surface area is 134 Å². The first kappa shape index (κ1) is 16.8. The third kappa shape index (κ3) is 4.00. The minimum absolute atomic E-state index is 0.0392. The summed E-state index contributed by atoms with van der Waals surface area (Å²) in [5.41, 5.74) is 1.95. The van der Waals surface area contributed by atoms with Crippen molar-refractivity contribution in [2.75, 3.05) is 6.54 Å². The Kier molecular flexibility index (Phi) is 5.20. The van der Waals surface area contributed by atoms with Crippen LogP contribution in [0.1, 0.15) is 26.0 Å². The van der Waals surface area contributed by atoms with E-state index in [-0.39, 0.29) is 23.5 Å². The number of carbonyl (C=O) groups excluding carboxylic acids is 2. The van der Waals surface area contributed by atoms with Gasteiger partial charge in [-0.05, 0) is 33.3 Å². The van der Waals surface area contributed by atoms with Crippen molar-refractivity contribution < 1.29 is 9.59 Å². The Morgan fingerprint density at radius 1 is 1.30 bits per heavy atom. The molecule has 1 aliphatic rings. The Bertz CT molecular complexity index is 706. The molecular weight excluding hydrogens is 296 g/mol. The monoisotopic (exact) mass is 318 g/mol. The van der Waals surface area contributed by atoms with Crippen LogP contribution in [0.5, 0.6) is 0 Å². The van der Waals surface area contributed by atoms with E-state index in [1.54, 1.807) is 24.5 Å². The molecule has 1 atom stereocenters. The van der Waals surface area contributed by atoms with Gasteiger partial charge in [-0.1, -0.05) is 6.07 Å². The van der Waals surface area contributed by atoms with Crippen LogP contribution in [-0.2, 0) is 11.3 Å². The van der Waals surface area contributed by atoms with E-state index in [9.17, 15) is 14.4 Å². The van der Waals surface area contributed by atoms with Gasteiger partial charge in [-0.3, -0.25) is 9.59 Å². The second kappa shape index (κ2) is 7.13. The van der Waals surface area contributed by atoms with Crippen LogP contribution in [0.15, 0.2) is 34.3 Å². The van der Waals surface area contributed by atoms with Crippen molar-refractivity contribution in [1.82, 2.24) is 20.5 Å². The molecular formula is C16H22N4O3. The third-order valence-corrected chi connectivity index (χ3v) is 3.84. The number of carbonyl (C=O) groups is 2. The number of aromatic nitrogens is 1. The summed E-state index contributed by atoms with van der Waals surface area (Å²) < 4.78 is 1.68. The lowest BCUT2D eigenvalue weighted by atomic mass is 10.0. The first-order valence-corrected chi connectivity index (χ1v) is 7.63.